The molecule has 28 heavy (non-hydrogen) atoms. The zero-order valence-electron chi connectivity index (χ0n) is 19.0. The van der Waals surface area contributed by atoms with Gasteiger partial charge in [0.1, 0.15) is 0 Å². The molecular formula is C27H45N. The monoisotopic (exact) mass is 383 g/mol. The number of hydrogen-bond donors (Lipinski definition) is 0. The van der Waals surface area contributed by atoms with Crippen LogP contribution in [-0.4, -0.2) is 4.98 Å². The zero-order chi connectivity index (χ0) is 19.8. The number of pyridine rings is 1. The summed E-state index contributed by atoms with van der Waals surface area (Å²) in [6, 6.07) is 4.62. The number of aryl methyl sites for hydroxylation is 1. The Kier molecular flexibility index (Phi) is 8.87. The van der Waals surface area contributed by atoms with Gasteiger partial charge >= 0.3 is 0 Å². The van der Waals surface area contributed by atoms with E-state index in [1.54, 1.807) is 0 Å². The van der Waals surface area contributed by atoms with Crippen molar-refractivity contribution in [3.8, 4) is 0 Å². The van der Waals surface area contributed by atoms with E-state index in [0.717, 1.165) is 30.1 Å². The third-order valence-corrected chi connectivity index (χ3v) is 8.15. The largest absolute Gasteiger partial charge is 0.261 e. The first-order valence-corrected chi connectivity index (χ1v) is 12.7. The molecule has 0 aliphatic heterocycles. The summed E-state index contributed by atoms with van der Waals surface area (Å²) < 4.78 is 0. The van der Waals surface area contributed by atoms with Crippen molar-refractivity contribution < 1.29 is 0 Å². The Balaban J connectivity index is 1.40. The molecule has 1 unspecified atom stereocenters. The summed E-state index contributed by atoms with van der Waals surface area (Å²) >= 11 is 0. The van der Waals surface area contributed by atoms with Gasteiger partial charge in [-0.2, -0.15) is 0 Å². The van der Waals surface area contributed by atoms with E-state index in [1.807, 2.05) is 0 Å². The van der Waals surface area contributed by atoms with E-state index in [9.17, 15) is 0 Å². The topological polar surface area (TPSA) is 12.9 Å². The average Bonchev–Trinajstić information content (AvgIpc) is 2.75. The minimum atomic E-state index is 0.630. The van der Waals surface area contributed by atoms with E-state index in [-0.39, 0.29) is 0 Å². The van der Waals surface area contributed by atoms with Crippen molar-refractivity contribution in [1.82, 2.24) is 4.98 Å². The van der Waals surface area contributed by atoms with E-state index in [4.69, 9.17) is 4.98 Å². The highest BCUT2D eigenvalue weighted by atomic mass is 14.7. The first-order valence-electron chi connectivity index (χ1n) is 12.7. The molecule has 0 bridgehead atoms. The van der Waals surface area contributed by atoms with Crippen LogP contribution in [0.25, 0.3) is 0 Å². The predicted octanol–water partition coefficient (Wildman–Crippen LogP) is 8.33. The molecular weight excluding hydrogens is 338 g/mol. The maximum atomic E-state index is 4.82. The molecule has 1 aromatic rings. The van der Waals surface area contributed by atoms with Gasteiger partial charge in [0.25, 0.3) is 0 Å². The zero-order valence-corrected chi connectivity index (χ0v) is 19.0. The van der Waals surface area contributed by atoms with Gasteiger partial charge in [-0.1, -0.05) is 71.8 Å². The predicted molar refractivity (Wildman–Crippen MR) is 122 cm³/mol. The van der Waals surface area contributed by atoms with Gasteiger partial charge in [0.15, 0.2) is 0 Å². The van der Waals surface area contributed by atoms with Crippen LogP contribution in [0.1, 0.15) is 121 Å². The standard InChI is InChI=1S/C27H45N/c1-4-6-7-9-22-10-13-25(14-11-22)26-17-15-24(16-18-26)21(3)27-19-12-23(8-5-2)20-28-27/h12,19-22,24-26H,4-11,13-18H2,1-3H3. The minimum absolute atomic E-state index is 0.630. The summed E-state index contributed by atoms with van der Waals surface area (Å²) in [4.78, 5) is 4.82. The van der Waals surface area contributed by atoms with Gasteiger partial charge in [-0.3, -0.25) is 4.98 Å². The lowest BCUT2D eigenvalue weighted by Crippen LogP contribution is -2.27. The number of hydrogen-bond acceptors (Lipinski definition) is 1. The summed E-state index contributed by atoms with van der Waals surface area (Å²) in [5, 5.41) is 0. The van der Waals surface area contributed by atoms with Crippen molar-refractivity contribution in [3.63, 3.8) is 0 Å². The summed E-state index contributed by atoms with van der Waals surface area (Å²) in [5.41, 5.74) is 2.73. The molecule has 0 spiro atoms. The molecule has 0 amide bonds. The number of unbranched alkanes of at least 4 members (excludes halogenated alkanes) is 2. The fourth-order valence-corrected chi connectivity index (χ4v) is 6.13. The summed E-state index contributed by atoms with van der Waals surface area (Å²) in [5.74, 6) is 4.61. The van der Waals surface area contributed by atoms with Crippen LogP contribution in [0.5, 0.6) is 0 Å². The normalized spacial score (nSPS) is 29.5. The molecule has 1 heterocycles. The lowest BCUT2D eigenvalue weighted by molar-refractivity contribution is 0.136. The molecule has 2 fully saturated rings. The first-order chi connectivity index (χ1) is 13.7. The van der Waals surface area contributed by atoms with Crippen LogP contribution in [-0.2, 0) is 6.42 Å². The van der Waals surface area contributed by atoms with Crippen LogP contribution in [0.15, 0.2) is 18.3 Å². The lowest BCUT2D eigenvalue weighted by atomic mass is 9.67. The molecule has 1 nitrogen and oxygen atoms in total. The molecule has 158 valence electrons. The van der Waals surface area contributed by atoms with Crippen LogP contribution in [0, 0.1) is 23.7 Å². The molecule has 1 heteroatoms. The van der Waals surface area contributed by atoms with Gasteiger partial charge in [0, 0.05) is 17.8 Å². The molecule has 3 rings (SSSR count). The second-order valence-corrected chi connectivity index (χ2v) is 10.1. The Morgan fingerprint density at radius 2 is 1.54 bits per heavy atom. The van der Waals surface area contributed by atoms with Crippen molar-refractivity contribution in [2.24, 2.45) is 23.7 Å². The summed E-state index contributed by atoms with van der Waals surface area (Å²) in [6.07, 6.45) is 22.2. The molecule has 0 aromatic carbocycles. The van der Waals surface area contributed by atoms with Crippen molar-refractivity contribution in [2.45, 2.75) is 117 Å². The van der Waals surface area contributed by atoms with Crippen LogP contribution < -0.4 is 0 Å². The van der Waals surface area contributed by atoms with Crippen molar-refractivity contribution >= 4 is 0 Å². The number of rotatable bonds is 9. The maximum absolute atomic E-state index is 4.82. The van der Waals surface area contributed by atoms with Gasteiger partial charge in [0.2, 0.25) is 0 Å². The molecule has 1 atom stereocenters. The summed E-state index contributed by atoms with van der Waals surface area (Å²) in [7, 11) is 0. The third kappa shape index (κ3) is 6.07. The van der Waals surface area contributed by atoms with Gasteiger partial charge in [-0.25, -0.2) is 0 Å². The van der Waals surface area contributed by atoms with E-state index < -0.39 is 0 Å². The van der Waals surface area contributed by atoms with Crippen LogP contribution in [0.3, 0.4) is 0 Å². The highest BCUT2D eigenvalue weighted by molar-refractivity contribution is 5.17. The number of aromatic nitrogens is 1. The molecule has 2 aliphatic rings. The van der Waals surface area contributed by atoms with Gasteiger partial charge in [0.05, 0.1) is 0 Å². The Hall–Kier alpha value is -0.850. The lowest BCUT2D eigenvalue weighted by Gasteiger charge is -2.39. The molecule has 0 radical (unpaired) electrons. The van der Waals surface area contributed by atoms with Gasteiger partial charge in [-0.05, 0) is 80.2 Å². The fraction of sp³-hybridized carbons (Fsp3) is 0.815. The first kappa shape index (κ1) is 21.8. The third-order valence-electron chi connectivity index (χ3n) is 8.15. The average molecular weight is 384 g/mol. The minimum Gasteiger partial charge on any atom is -0.261 e. The fourth-order valence-electron chi connectivity index (χ4n) is 6.13. The Labute approximate surface area is 175 Å². The highest BCUT2D eigenvalue weighted by Gasteiger charge is 2.32. The van der Waals surface area contributed by atoms with E-state index in [1.165, 1.54) is 94.7 Å². The van der Waals surface area contributed by atoms with Crippen molar-refractivity contribution in [3.05, 3.63) is 29.6 Å². The van der Waals surface area contributed by atoms with Crippen molar-refractivity contribution in [2.75, 3.05) is 0 Å². The smallest absolute Gasteiger partial charge is 0.0434 e. The number of nitrogens with zero attached hydrogens (tertiary/aromatic N) is 1. The second-order valence-electron chi connectivity index (χ2n) is 10.1. The molecule has 1 aromatic heterocycles. The van der Waals surface area contributed by atoms with E-state index >= 15 is 0 Å². The van der Waals surface area contributed by atoms with Gasteiger partial charge in [-0.15, -0.1) is 0 Å². The van der Waals surface area contributed by atoms with E-state index in [2.05, 4.69) is 39.1 Å². The molecule has 0 saturated heterocycles. The van der Waals surface area contributed by atoms with Gasteiger partial charge < -0.3 is 0 Å². The Morgan fingerprint density at radius 3 is 2.11 bits per heavy atom. The van der Waals surface area contributed by atoms with Crippen LogP contribution in [0.4, 0.5) is 0 Å². The Bertz CT molecular complexity index is 532. The van der Waals surface area contributed by atoms with Crippen molar-refractivity contribution in [1.29, 1.82) is 0 Å². The SMILES string of the molecule is CCCCCC1CCC(C2CCC(C(C)c3ccc(CCC)cn3)CC2)CC1. The van der Waals surface area contributed by atoms with Crippen LogP contribution in [0.2, 0.25) is 0 Å². The molecule has 2 saturated carbocycles. The van der Waals surface area contributed by atoms with Crippen LogP contribution >= 0.6 is 0 Å². The highest BCUT2D eigenvalue weighted by Crippen LogP contribution is 2.45. The molecule has 0 N–H and O–H groups in total. The quantitative estimate of drug-likeness (QED) is 0.390. The molecule has 2 aliphatic carbocycles. The maximum Gasteiger partial charge on any atom is 0.0434 e. The van der Waals surface area contributed by atoms with E-state index in [0.29, 0.717) is 5.92 Å². The second kappa shape index (κ2) is 11.4. The Morgan fingerprint density at radius 1 is 0.857 bits per heavy atom. The summed E-state index contributed by atoms with van der Waals surface area (Å²) in [6.45, 7) is 6.99.